The van der Waals surface area contributed by atoms with E-state index < -0.39 is 0 Å². The highest BCUT2D eigenvalue weighted by atomic mass is 32.2. The lowest BCUT2D eigenvalue weighted by atomic mass is 10.00. The maximum Gasteiger partial charge on any atom is 0.237 e. The summed E-state index contributed by atoms with van der Waals surface area (Å²) >= 11 is 7.01. The fraction of sp³-hybridized carbons (Fsp3) is 0.462. The molecule has 0 aliphatic carbocycles. The summed E-state index contributed by atoms with van der Waals surface area (Å²) in [7, 11) is 6.08. The van der Waals surface area contributed by atoms with Gasteiger partial charge in [-0.1, -0.05) is 37.0 Å². The fourth-order valence-corrected chi connectivity index (χ4v) is 5.17. The number of hydrogen-bond donors (Lipinski definition) is 1. The van der Waals surface area contributed by atoms with Crippen molar-refractivity contribution >= 4 is 39.9 Å². The summed E-state index contributed by atoms with van der Waals surface area (Å²) in [6.07, 6.45) is 2.21. The number of ether oxygens (including phenoxy) is 4. The van der Waals surface area contributed by atoms with Gasteiger partial charge >= 0.3 is 0 Å². The summed E-state index contributed by atoms with van der Waals surface area (Å²) in [6, 6.07) is 8.53. The number of rotatable bonds is 9. The molecular weight excluding hydrogens is 500 g/mol. The number of anilines is 1. The van der Waals surface area contributed by atoms with E-state index in [0.29, 0.717) is 34.6 Å². The van der Waals surface area contributed by atoms with Gasteiger partial charge in [0.25, 0.3) is 0 Å². The molecule has 1 aliphatic rings. The molecule has 36 heavy (non-hydrogen) atoms. The minimum Gasteiger partial charge on any atom is -0.504 e. The Morgan fingerprint density at radius 2 is 1.64 bits per heavy atom. The Morgan fingerprint density at radius 1 is 1.03 bits per heavy atom. The van der Waals surface area contributed by atoms with Crippen LogP contribution in [0.2, 0.25) is 0 Å². The first-order chi connectivity index (χ1) is 17.3. The molecule has 1 fully saturated rings. The quantitative estimate of drug-likeness (QED) is 0.460. The first-order valence-electron chi connectivity index (χ1n) is 11.7. The number of benzene rings is 2. The van der Waals surface area contributed by atoms with Gasteiger partial charge in [-0.15, -0.1) is 0 Å². The average molecular weight is 535 g/mol. The zero-order valence-electron chi connectivity index (χ0n) is 21.4. The third-order valence-electron chi connectivity index (χ3n) is 6.21. The van der Waals surface area contributed by atoms with Crippen molar-refractivity contribution < 1.29 is 28.8 Å². The number of phenols is 1. The van der Waals surface area contributed by atoms with Crippen molar-refractivity contribution in [3.05, 3.63) is 35.9 Å². The molecule has 0 bridgehead atoms. The Kier molecular flexibility index (Phi) is 9.95. The molecule has 196 valence electrons. The molecule has 1 amide bonds. The van der Waals surface area contributed by atoms with E-state index in [-0.39, 0.29) is 24.0 Å². The van der Waals surface area contributed by atoms with Crippen molar-refractivity contribution in [1.29, 1.82) is 0 Å². The van der Waals surface area contributed by atoms with Gasteiger partial charge in [-0.2, -0.15) is 0 Å². The van der Waals surface area contributed by atoms with Crippen LogP contribution in [0.15, 0.2) is 30.3 Å². The first kappa shape index (κ1) is 27.7. The molecule has 1 aliphatic heterocycles. The Hall–Kier alpha value is -2.85. The first-order valence-corrected chi connectivity index (χ1v) is 13.1. The molecular formula is C26H34N2O6S2. The second kappa shape index (κ2) is 12.9. The van der Waals surface area contributed by atoms with E-state index in [4.69, 9.17) is 31.2 Å². The van der Waals surface area contributed by atoms with Crippen molar-refractivity contribution in [3.8, 4) is 28.7 Å². The molecule has 1 heterocycles. The molecule has 0 radical (unpaired) electrons. The number of thiocarbonyl (C=S) groups is 1. The molecule has 0 unspecified atom stereocenters. The minimum absolute atomic E-state index is 0.00201. The highest BCUT2D eigenvalue weighted by Crippen LogP contribution is 2.41. The number of carbonyl (C=O) groups excluding carboxylic acids is 1. The van der Waals surface area contributed by atoms with Crippen molar-refractivity contribution in [1.82, 2.24) is 4.90 Å². The highest BCUT2D eigenvalue weighted by Gasteiger charge is 2.24. The molecule has 3 rings (SSSR count). The molecule has 0 saturated carbocycles. The van der Waals surface area contributed by atoms with Crippen molar-refractivity contribution in [2.75, 3.05) is 52.2 Å². The Balaban J connectivity index is 1.88. The van der Waals surface area contributed by atoms with E-state index >= 15 is 0 Å². The largest absolute Gasteiger partial charge is 0.504 e. The van der Waals surface area contributed by atoms with E-state index in [2.05, 4.69) is 11.8 Å². The lowest BCUT2D eigenvalue weighted by Crippen LogP contribution is -2.37. The van der Waals surface area contributed by atoms with Crippen molar-refractivity contribution in [2.24, 2.45) is 5.92 Å². The van der Waals surface area contributed by atoms with E-state index in [1.165, 1.54) is 40.2 Å². The number of carbonyl (C=O) groups is 1. The van der Waals surface area contributed by atoms with Gasteiger partial charge in [0.2, 0.25) is 11.7 Å². The highest BCUT2D eigenvalue weighted by molar-refractivity contribution is 8.23. The summed E-state index contributed by atoms with van der Waals surface area (Å²) in [4.78, 5) is 17.4. The minimum atomic E-state index is -0.141. The monoisotopic (exact) mass is 534 g/mol. The predicted molar refractivity (Wildman–Crippen MR) is 147 cm³/mol. The van der Waals surface area contributed by atoms with Gasteiger partial charge in [-0.05, 0) is 36.5 Å². The van der Waals surface area contributed by atoms with Gasteiger partial charge in [0.05, 0.1) is 46.4 Å². The molecule has 1 N–H and O–H groups in total. The smallest absolute Gasteiger partial charge is 0.237 e. The van der Waals surface area contributed by atoms with Gasteiger partial charge in [-0.3, -0.25) is 4.79 Å². The van der Waals surface area contributed by atoms with Crippen LogP contribution in [0.1, 0.15) is 25.3 Å². The van der Waals surface area contributed by atoms with Gasteiger partial charge in [0.15, 0.2) is 23.0 Å². The van der Waals surface area contributed by atoms with Crippen LogP contribution in [-0.4, -0.2) is 67.5 Å². The van der Waals surface area contributed by atoms with Crippen LogP contribution in [0.25, 0.3) is 0 Å². The van der Waals surface area contributed by atoms with Gasteiger partial charge in [0.1, 0.15) is 4.32 Å². The molecule has 0 aromatic heterocycles. The summed E-state index contributed by atoms with van der Waals surface area (Å²) in [5.41, 5.74) is 1.30. The fourth-order valence-electron chi connectivity index (χ4n) is 4.05. The number of phenolic OH excluding ortho intramolecular Hbond substituents is 1. The number of piperidine rings is 1. The lowest BCUT2D eigenvalue weighted by Gasteiger charge is -2.32. The number of thioether (sulfide) groups is 1. The van der Waals surface area contributed by atoms with Crippen LogP contribution < -0.4 is 23.8 Å². The molecule has 8 nitrogen and oxygen atoms in total. The molecule has 2 aromatic rings. The topological polar surface area (TPSA) is 80.7 Å². The van der Waals surface area contributed by atoms with E-state index in [1.54, 1.807) is 29.2 Å². The zero-order chi connectivity index (χ0) is 26.2. The van der Waals surface area contributed by atoms with E-state index in [0.717, 1.165) is 35.8 Å². The SMILES string of the molecule is COc1ccc(CN(C(=O)CSC(=S)N2CCC(C)CC2)c2cc(OC)c(OC)c(OC)c2)cc1O. The number of nitrogens with zero attached hydrogens (tertiary/aromatic N) is 2. The average Bonchev–Trinajstić information content (AvgIpc) is 2.89. The summed E-state index contributed by atoms with van der Waals surface area (Å²) in [5.74, 6) is 2.41. The zero-order valence-corrected chi connectivity index (χ0v) is 23.0. The molecule has 10 heteroatoms. The van der Waals surface area contributed by atoms with Gasteiger partial charge in [0, 0.05) is 25.2 Å². The Morgan fingerprint density at radius 3 is 2.17 bits per heavy atom. The number of aromatic hydroxyl groups is 1. The normalized spacial score (nSPS) is 13.8. The second-order valence-corrected chi connectivity index (χ2v) is 10.2. The Bertz CT molecular complexity index is 1050. The number of hydrogen-bond acceptors (Lipinski definition) is 8. The van der Waals surface area contributed by atoms with Crippen molar-refractivity contribution in [3.63, 3.8) is 0 Å². The summed E-state index contributed by atoms with van der Waals surface area (Å²) in [5, 5.41) is 10.3. The van der Waals surface area contributed by atoms with E-state index in [9.17, 15) is 9.90 Å². The third kappa shape index (κ3) is 6.67. The summed E-state index contributed by atoms with van der Waals surface area (Å²) in [6.45, 7) is 4.30. The lowest BCUT2D eigenvalue weighted by molar-refractivity contribution is -0.116. The molecule has 0 atom stereocenters. The second-order valence-electron chi connectivity index (χ2n) is 8.59. The molecule has 0 spiro atoms. The van der Waals surface area contributed by atoms with Crippen LogP contribution in [0.4, 0.5) is 5.69 Å². The van der Waals surface area contributed by atoms with Gasteiger partial charge < -0.3 is 33.9 Å². The molecule has 1 saturated heterocycles. The van der Waals surface area contributed by atoms with Crippen LogP contribution in [-0.2, 0) is 11.3 Å². The van der Waals surface area contributed by atoms with Crippen LogP contribution in [0, 0.1) is 5.92 Å². The predicted octanol–water partition coefficient (Wildman–Crippen LogP) is 4.71. The summed E-state index contributed by atoms with van der Waals surface area (Å²) < 4.78 is 22.3. The number of methoxy groups -OCH3 is 4. The van der Waals surface area contributed by atoms with Crippen LogP contribution in [0.5, 0.6) is 28.7 Å². The maximum absolute atomic E-state index is 13.6. The number of likely N-dealkylation sites (tertiary alicyclic amines) is 1. The van der Waals surface area contributed by atoms with Gasteiger partial charge in [-0.25, -0.2) is 0 Å². The van der Waals surface area contributed by atoms with E-state index in [1.807, 2.05) is 6.07 Å². The number of amides is 1. The van der Waals surface area contributed by atoms with Crippen LogP contribution in [0.3, 0.4) is 0 Å². The van der Waals surface area contributed by atoms with Crippen LogP contribution >= 0.6 is 24.0 Å². The molecule has 2 aromatic carbocycles. The van der Waals surface area contributed by atoms with Crippen molar-refractivity contribution in [2.45, 2.75) is 26.3 Å². The Labute approximate surface area is 222 Å². The third-order valence-corrected chi connectivity index (χ3v) is 7.72. The maximum atomic E-state index is 13.6. The standard InChI is InChI=1S/C26H34N2O6S2/c1-17-8-10-27(11-9-17)26(35)36-16-24(30)28(15-18-6-7-21(31-2)20(29)12-18)19-13-22(32-3)25(34-5)23(14-19)33-4/h6-7,12-14,17,29H,8-11,15-16H2,1-5H3.